The first kappa shape index (κ1) is 13.4. The maximum absolute atomic E-state index is 8.61. The second kappa shape index (κ2) is 6.15. The molecule has 0 bridgehead atoms. The molecule has 0 aliphatic rings. The Morgan fingerprint density at radius 3 is 2.71 bits per heavy atom. The van der Waals surface area contributed by atoms with Crippen LogP contribution in [0.3, 0.4) is 0 Å². The first-order valence-electron chi connectivity index (χ1n) is 5.83. The van der Waals surface area contributed by atoms with Crippen LogP contribution in [-0.2, 0) is 0 Å². The molecule has 0 fully saturated rings. The van der Waals surface area contributed by atoms with E-state index in [0.717, 1.165) is 24.4 Å². The zero-order valence-electron chi connectivity index (χ0n) is 10.8. The summed E-state index contributed by atoms with van der Waals surface area (Å²) in [6.45, 7) is 5.15. The van der Waals surface area contributed by atoms with Crippen molar-refractivity contribution in [3.63, 3.8) is 0 Å². The highest BCUT2D eigenvalue weighted by molar-refractivity contribution is 5.56. The number of nitrogens with one attached hydrogen (secondary N) is 1. The van der Waals surface area contributed by atoms with Crippen molar-refractivity contribution in [1.29, 1.82) is 5.26 Å². The molecule has 92 valence electrons. The van der Waals surface area contributed by atoms with Crippen LogP contribution in [0, 0.1) is 16.7 Å². The Morgan fingerprint density at radius 1 is 1.35 bits per heavy atom. The van der Waals surface area contributed by atoms with Gasteiger partial charge in [0.25, 0.3) is 0 Å². The summed E-state index contributed by atoms with van der Waals surface area (Å²) in [5.41, 5.74) is 1.11. The SMILES string of the molecule is COc1ccccc1NCC(C)(C)CCC#N. The third kappa shape index (κ3) is 4.36. The molecule has 0 saturated carbocycles. The van der Waals surface area contributed by atoms with E-state index < -0.39 is 0 Å². The van der Waals surface area contributed by atoms with Crippen molar-refractivity contribution in [1.82, 2.24) is 0 Å². The minimum absolute atomic E-state index is 0.108. The number of nitriles is 1. The number of benzene rings is 1. The molecular formula is C14H20N2O. The van der Waals surface area contributed by atoms with E-state index in [9.17, 15) is 0 Å². The smallest absolute Gasteiger partial charge is 0.141 e. The molecule has 0 aromatic heterocycles. The number of ether oxygens (including phenoxy) is 1. The fourth-order valence-corrected chi connectivity index (χ4v) is 1.61. The number of anilines is 1. The highest BCUT2D eigenvalue weighted by Crippen LogP contribution is 2.27. The standard InChI is InChI=1S/C14H20N2O/c1-14(2,9-6-10-15)11-16-12-7-4-5-8-13(12)17-3/h4-5,7-8,16H,6,9,11H2,1-3H3. The Morgan fingerprint density at radius 2 is 2.06 bits per heavy atom. The summed E-state index contributed by atoms with van der Waals surface area (Å²) >= 11 is 0. The molecule has 0 saturated heterocycles. The van der Waals surface area contributed by atoms with Crippen molar-refractivity contribution in [3.8, 4) is 11.8 Å². The Kier molecular flexibility index (Phi) is 4.84. The van der Waals surface area contributed by atoms with Gasteiger partial charge >= 0.3 is 0 Å². The lowest BCUT2D eigenvalue weighted by molar-refractivity contribution is 0.362. The Balaban J connectivity index is 2.58. The summed E-state index contributed by atoms with van der Waals surface area (Å²) in [5, 5.41) is 12.0. The second-order valence-corrected chi connectivity index (χ2v) is 4.88. The highest BCUT2D eigenvalue weighted by atomic mass is 16.5. The largest absolute Gasteiger partial charge is 0.495 e. The van der Waals surface area contributed by atoms with Gasteiger partial charge in [-0.1, -0.05) is 26.0 Å². The van der Waals surface area contributed by atoms with E-state index in [1.54, 1.807) is 7.11 Å². The zero-order valence-corrected chi connectivity index (χ0v) is 10.8. The van der Waals surface area contributed by atoms with Gasteiger partial charge in [-0.25, -0.2) is 0 Å². The van der Waals surface area contributed by atoms with Gasteiger partial charge in [0.1, 0.15) is 5.75 Å². The summed E-state index contributed by atoms with van der Waals surface area (Å²) in [6, 6.07) is 10.1. The van der Waals surface area contributed by atoms with Crippen molar-refractivity contribution >= 4 is 5.69 Å². The van der Waals surface area contributed by atoms with E-state index in [0.29, 0.717) is 6.42 Å². The average Bonchev–Trinajstić information content (AvgIpc) is 2.34. The quantitative estimate of drug-likeness (QED) is 0.817. The van der Waals surface area contributed by atoms with Gasteiger partial charge in [0.15, 0.2) is 0 Å². The van der Waals surface area contributed by atoms with Crippen LogP contribution in [0.2, 0.25) is 0 Å². The molecule has 3 nitrogen and oxygen atoms in total. The molecule has 1 rings (SSSR count). The number of para-hydroxylation sites is 2. The van der Waals surface area contributed by atoms with Crippen LogP contribution >= 0.6 is 0 Å². The minimum atomic E-state index is 0.108. The highest BCUT2D eigenvalue weighted by Gasteiger charge is 2.17. The minimum Gasteiger partial charge on any atom is -0.495 e. The van der Waals surface area contributed by atoms with Gasteiger partial charge in [-0.15, -0.1) is 0 Å². The lowest BCUT2D eigenvalue weighted by atomic mass is 9.88. The van der Waals surface area contributed by atoms with Gasteiger partial charge in [-0.3, -0.25) is 0 Å². The van der Waals surface area contributed by atoms with Gasteiger partial charge in [0, 0.05) is 13.0 Å². The first-order valence-corrected chi connectivity index (χ1v) is 5.83. The molecule has 0 spiro atoms. The van der Waals surface area contributed by atoms with Crippen LogP contribution in [0.25, 0.3) is 0 Å². The number of methoxy groups -OCH3 is 1. The molecule has 0 aliphatic carbocycles. The Labute approximate surface area is 103 Å². The fraction of sp³-hybridized carbons (Fsp3) is 0.500. The van der Waals surface area contributed by atoms with Gasteiger partial charge in [-0.05, 0) is 24.0 Å². The van der Waals surface area contributed by atoms with Crippen LogP contribution in [0.4, 0.5) is 5.69 Å². The molecule has 1 N–H and O–H groups in total. The summed E-state index contributed by atoms with van der Waals surface area (Å²) in [4.78, 5) is 0. The summed E-state index contributed by atoms with van der Waals surface area (Å²) in [6.07, 6.45) is 1.49. The first-order chi connectivity index (χ1) is 8.09. The van der Waals surface area contributed by atoms with Gasteiger partial charge in [0.2, 0.25) is 0 Å². The average molecular weight is 232 g/mol. The lowest BCUT2D eigenvalue weighted by Gasteiger charge is -2.25. The molecular weight excluding hydrogens is 212 g/mol. The molecule has 0 amide bonds. The Hall–Kier alpha value is -1.69. The normalized spacial score (nSPS) is 10.7. The van der Waals surface area contributed by atoms with Gasteiger partial charge in [0.05, 0.1) is 18.9 Å². The van der Waals surface area contributed by atoms with Crippen LogP contribution in [0.1, 0.15) is 26.7 Å². The predicted octanol–water partition coefficient (Wildman–Crippen LogP) is 3.44. The summed E-state index contributed by atoms with van der Waals surface area (Å²) in [7, 11) is 1.67. The molecule has 1 aromatic rings. The van der Waals surface area contributed by atoms with Crippen LogP contribution in [0.15, 0.2) is 24.3 Å². The van der Waals surface area contributed by atoms with Crippen LogP contribution in [-0.4, -0.2) is 13.7 Å². The molecule has 0 atom stereocenters. The van der Waals surface area contributed by atoms with E-state index in [2.05, 4.69) is 25.2 Å². The van der Waals surface area contributed by atoms with Crippen LogP contribution in [0.5, 0.6) is 5.75 Å². The van der Waals surface area contributed by atoms with E-state index in [1.807, 2.05) is 24.3 Å². The lowest BCUT2D eigenvalue weighted by Crippen LogP contribution is -2.23. The fourth-order valence-electron chi connectivity index (χ4n) is 1.61. The molecule has 0 unspecified atom stereocenters. The van der Waals surface area contributed by atoms with Gasteiger partial charge < -0.3 is 10.1 Å². The number of hydrogen-bond donors (Lipinski definition) is 1. The van der Waals surface area contributed by atoms with Crippen LogP contribution < -0.4 is 10.1 Å². The third-order valence-electron chi connectivity index (χ3n) is 2.78. The van der Waals surface area contributed by atoms with Crippen molar-refractivity contribution in [2.45, 2.75) is 26.7 Å². The van der Waals surface area contributed by atoms with E-state index in [4.69, 9.17) is 10.00 Å². The molecule has 1 aromatic carbocycles. The predicted molar refractivity (Wildman–Crippen MR) is 70.1 cm³/mol. The van der Waals surface area contributed by atoms with E-state index in [-0.39, 0.29) is 5.41 Å². The monoisotopic (exact) mass is 232 g/mol. The molecule has 3 heteroatoms. The molecule has 0 heterocycles. The maximum Gasteiger partial charge on any atom is 0.141 e. The molecule has 17 heavy (non-hydrogen) atoms. The van der Waals surface area contributed by atoms with Crippen molar-refractivity contribution in [2.75, 3.05) is 19.0 Å². The van der Waals surface area contributed by atoms with Crippen molar-refractivity contribution < 1.29 is 4.74 Å². The molecule has 0 radical (unpaired) electrons. The maximum atomic E-state index is 8.61. The van der Waals surface area contributed by atoms with E-state index in [1.165, 1.54) is 0 Å². The van der Waals surface area contributed by atoms with E-state index >= 15 is 0 Å². The zero-order chi connectivity index (χ0) is 12.7. The summed E-state index contributed by atoms with van der Waals surface area (Å²) in [5.74, 6) is 0.851. The second-order valence-electron chi connectivity index (χ2n) is 4.88. The number of nitrogens with zero attached hydrogens (tertiary/aromatic N) is 1. The molecule has 0 aliphatic heterocycles. The summed E-state index contributed by atoms with van der Waals surface area (Å²) < 4.78 is 5.28. The van der Waals surface area contributed by atoms with Crippen molar-refractivity contribution in [2.24, 2.45) is 5.41 Å². The number of rotatable bonds is 6. The topological polar surface area (TPSA) is 45.0 Å². The number of hydrogen-bond acceptors (Lipinski definition) is 3. The van der Waals surface area contributed by atoms with Crippen molar-refractivity contribution in [3.05, 3.63) is 24.3 Å². The third-order valence-corrected chi connectivity index (χ3v) is 2.78. The Bertz CT molecular complexity index is 393. The van der Waals surface area contributed by atoms with Gasteiger partial charge in [-0.2, -0.15) is 5.26 Å².